The Labute approximate surface area is 113 Å². The standard InChI is InChI=1S/C14H20ClFN2/c1-18-7-3-4-11(10-18)8-17-9-12-5-2-6-13(15)14(12)16/h2,5-6,11,17H,3-4,7-10H2,1H3. The molecule has 1 aliphatic heterocycles. The van der Waals surface area contributed by atoms with Crippen LogP contribution in [0.5, 0.6) is 0 Å². The number of halogens is 2. The quantitative estimate of drug-likeness (QED) is 0.905. The van der Waals surface area contributed by atoms with Crippen molar-refractivity contribution in [3.05, 3.63) is 34.6 Å². The lowest BCUT2D eigenvalue weighted by Crippen LogP contribution is -2.37. The van der Waals surface area contributed by atoms with Crippen molar-refractivity contribution in [2.75, 3.05) is 26.7 Å². The van der Waals surface area contributed by atoms with E-state index in [2.05, 4.69) is 17.3 Å². The van der Waals surface area contributed by atoms with Gasteiger partial charge in [-0.1, -0.05) is 23.7 Å². The zero-order valence-corrected chi connectivity index (χ0v) is 11.5. The van der Waals surface area contributed by atoms with Crippen LogP contribution in [0.3, 0.4) is 0 Å². The summed E-state index contributed by atoms with van der Waals surface area (Å²) in [5.41, 5.74) is 0.645. The van der Waals surface area contributed by atoms with E-state index in [0.29, 0.717) is 18.0 Å². The van der Waals surface area contributed by atoms with E-state index in [0.717, 1.165) is 13.1 Å². The summed E-state index contributed by atoms with van der Waals surface area (Å²) in [6.07, 6.45) is 2.52. The smallest absolute Gasteiger partial charge is 0.146 e. The first-order chi connectivity index (χ1) is 8.66. The van der Waals surface area contributed by atoms with E-state index in [-0.39, 0.29) is 10.8 Å². The van der Waals surface area contributed by atoms with Crippen molar-refractivity contribution < 1.29 is 4.39 Å². The topological polar surface area (TPSA) is 15.3 Å². The summed E-state index contributed by atoms with van der Waals surface area (Å²) < 4.78 is 13.6. The van der Waals surface area contributed by atoms with Crippen LogP contribution in [0, 0.1) is 11.7 Å². The van der Waals surface area contributed by atoms with Crippen molar-refractivity contribution in [3.63, 3.8) is 0 Å². The van der Waals surface area contributed by atoms with E-state index in [1.54, 1.807) is 18.2 Å². The van der Waals surface area contributed by atoms with E-state index >= 15 is 0 Å². The Morgan fingerprint density at radius 3 is 3.11 bits per heavy atom. The maximum atomic E-state index is 13.6. The number of likely N-dealkylation sites (tertiary alicyclic amines) is 1. The van der Waals surface area contributed by atoms with Crippen molar-refractivity contribution in [2.24, 2.45) is 5.92 Å². The molecular weight excluding hydrogens is 251 g/mol. The summed E-state index contributed by atoms with van der Waals surface area (Å²) in [7, 11) is 2.16. The van der Waals surface area contributed by atoms with Crippen molar-refractivity contribution >= 4 is 11.6 Å². The minimum absolute atomic E-state index is 0.201. The van der Waals surface area contributed by atoms with Gasteiger partial charge >= 0.3 is 0 Å². The van der Waals surface area contributed by atoms with E-state index in [1.165, 1.54) is 19.4 Å². The fourth-order valence-electron chi connectivity index (χ4n) is 2.54. The third kappa shape index (κ3) is 3.67. The molecule has 100 valence electrons. The third-order valence-corrected chi connectivity index (χ3v) is 3.79. The molecule has 1 atom stereocenters. The zero-order valence-electron chi connectivity index (χ0n) is 10.8. The molecule has 1 fully saturated rings. The number of nitrogens with zero attached hydrogens (tertiary/aromatic N) is 1. The number of nitrogens with one attached hydrogen (secondary N) is 1. The van der Waals surface area contributed by atoms with Crippen LogP contribution in [-0.4, -0.2) is 31.6 Å². The van der Waals surface area contributed by atoms with Crippen molar-refractivity contribution in [1.29, 1.82) is 0 Å². The second-order valence-corrected chi connectivity index (χ2v) is 5.52. The van der Waals surface area contributed by atoms with Crippen molar-refractivity contribution in [2.45, 2.75) is 19.4 Å². The summed E-state index contributed by atoms with van der Waals surface area (Å²) in [5.74, 6) is 0.374. The van der Waals surface area contributed by atoms with Gasteiger partial charge in [0.05, 0.1) is 5.02 Å². The minimum atomic E-state index is -0.299. The highest BCUT2D eigenvalue weighted by molar-refractivity contribution is 6.30. The maximum Gasteiger partial charge on any atom is 0.146 e. The minimum Gasteiger partial charge on any atom is -0.312 e. The van der Waals surface area contributed by atoms with Crippen LogP contribution in [0.25, 0.3) is 0 Å². The summed E-state index contributed by atoms with van der Waals surface area (Å²) in [6, 6.07) is 5.15. The Balaban J connectivity index is 1.79. The van der Waals surface area contributed by atoms with Crippen LogP contribution in [-0.2, 0) is 6.54 Å². The normalized spacial score (nSPS) is 21.2. The third-order valence-electron chi connectivity index (χ3n) is 3.50. The average molecular weight is 271 g/mol. The summed E-state index contributed by atoms with van der Waals surface area (Å²) in [6.45, 7) is 3.81. The lowest BCUT2D eigenvalue weighted by atomic mass is 9.98. The first-order valence-corrected chi connectivity index (χ1v) is 6.87. The second-order valence-electron chi connectivity index (χ2n) is 5.11. The fourth-order valence-corrected chi connectivity index (χ4v) is 2.73. The van der Waals surface area contributed by atoms with Crippen LogP contribution in [0.4, 0.5) is 4.39 Å². The van der Waals surface area contributed by atoms with Gasteiger partial charge in [0, 0.05) is 18.7 Å². The van der Waals surface area contributed by atoms with Crippen molar-refractivity contribution in [1.82, 2.24) is 10.2 Å². The molecule has 1 N–H and O–H groups in total. The molecule has 0 saturated carbocycles. The van der Waals surface area contributed by atoms with E-state index in [9.17, 15) is 4.39 Å². The molecule has 1 aromatic rings. The Bertz CT molecular complexity index is 397. The van der Waals surface area contributed by atoms with Gasteiger partial charge in [-0.15, -0.1) is 0 Å². The molecule has 18 heavy (non-hydrogen) atoms. The van der Waals surface area contributed by atoms with Crippen LogP contribution >= 0.6 is 11.6 Å². The molecule has 0 spiro atoms. The van der Waals surface area contributed by atoms with Crippen molar-refractivity contribution in [3.8, 4) is 0 Å². The highest BCUT2D eigenvalue weighted by Gasteiger charge is 2.16. The Morgan fingerprint density at radius 1 is 1.50 bits per heavy atom. The van der Waals surface area contributed by atoms with Gasteiger partial charge in [0.1, 0.15) is 5.82 Å². The van der Waals surface area contributed by atoms with E-state index in [4.69, 9.17) is 11.6 Å². The molecule has 0 radical (unpaired) electrons. The Morgan fingerprint density at radius 2 is 2.33 bits per heavy atom. The molecule has 1 heterocycles. The maximum absolute atomic E-state index is 13.6. The molecule has 1 saturated heterocycles. The Kier molecular flexibility index (Phi) is 4.98. The second kappa shape index (κ2) is 6.50. The first kappa shape index (κ1) is 13.8. The van der Waals surface area contributed by atoms with Crippen LogP contribution in [0.1, 0.15) is 18.4 Å². The summed E-state index contributed by atoms with van der Waals surface area (Å²) in [5, 5.41) is 3.54. The number of hydrogen-bond acceptors (Lipinski definition) is 2. The molecule has 1 aliphatic rings. The van der Waals surface area contributed by atoms with Gasteiger partial charge in [-0.2, -0.15) is 0 Å². The monoisotopic (exact) mass is 270 g/mol. The van der Waals surface area contributed by atoms with Gasteiger partial charge < -0.3 is 10.2 Å². The number of benzene rings is 1. The van der Waals surface area contributed by atoms with Gasteiger partial charge in [0.25, 0.3) is 0 Å². The lowest BCUT2D eigenvalue weighted by molar-refractivity contribution is 0.206. The lowest BCUT2D eigenvalue weighted by Gasteiger charge is -2.29. The molecule has 0 amide bonds. The molecular formula is C14H20ClFN2. The first-order valence-electron chi connectivity index (χ1n) is 6.49. The number of rotatable bonds is 4. The van der Waals surface area contributed by atoms with Crippen LogP contribution in [0.2, 0.25) is 5.02 Å². The highest BCUT2D eigenvalue weighted by atomic mass is 35.5. The predicted octanol–water partition coefficient (Wildman–Crippen LogP) is 2.91. The summed E-state index contributed by atoms with van der Waals surface area (Å²) in [4.78, 5) is 2.36. The van der Waals surface area contributed by atoms with Gasteiger partial charge in [0.15, 0.2) is 0 Å². The molecule has 0 bridgehead atoms. The molecule has 2 nitrogen and oxygen atoms in total. The van der Waals surface area contributed by atoms with Gasteiger partial charge in [-0.3, -0.25) is 0 Å². The van der Waals surface area contributed by atoms with Gasteiger partial charge in [-0.25, -0.2) is 4.39 Å². The largest absolute Gasteiger partial charge is 0.312 e. The highest BCUT2D eigenvalue weighted by Crippen LogP contribution is 2.18. The molecule has 0 aromatic heterocycles. The zero-order chi connectivity index (χ0) is 13.0. The number of hydrogen-bond donors (Lipinski definition) is 1. The predicted molar refractivity (Wildman–Crippen MR) is 73.3 cm³/mol. The molecule has 1 aromatic carbocycles. The molecule has 2 rings (SSSR count). The van der Waals surface area contributed by atoms with E-state index in [1.807, 2.05) is 0 Å². The Hall–Kier alpha value is -0.640. The SMILES string of the molecule is CN1CCCC(CNCc2cccc(Cl)c2F)C1. The molecule has 0 aliphatic carbocycles. The van der Waals surface area contributed by atoms with Crippen LogP contribution < -0.4 is 5.32 Å². The van der Waals surface area contributed by atoms with Gasteiger partial charge in [-0.05, 0) is 45.0 Å². The molecule has 1 unspecified atom stereocenters. The molecule has 4 heteroatoms. The van der Waals surface area contributed by atoms with E-state index < -0.39 is 0 Å². The summed E-state index contributed by atoms with van der Waals surface area (Å²) >= 11 is 5.75. The van der Waals surface area contributed by atoms with Gasteiger partial charge in [0.2, 0.25) is 0 Å². The number of piperidine rings is 1. The fraction of sp³-hybridized carbons (Fsp3) is 0.571. The van der Waals surface area contributed by atoms with Crippen LogP contribution in [0.15, 0.2) is 18.2 Å². The average Bonchev–Trinajstić information content (AvgIpc) is 2.35.